The van der Waals surface area contributed by atoms with E-state index in [1.807, 2.05) is 0 Å². The first-order valence-electron chi connectivity index (χ1n) is 11.9. The SMILES string of the molecule is COc1ccc([C@H](NC(=O)[C@@H](N)Cc2ccc(OCC(=O)O)cc2)C(=O)N[C@@H](C(C)C)[C@H](O)C(F)(F)F)cc1. The predicted octanol–water partition coefficient (Wildman–Crippen LogP) is 1.95. The predicted molar refractivity (Wildman–Crippen MR) is 134 cm³/mol. The maximum Gasteiger partial charge on any atom is 0.416 e. The third-order valence-corrected chi connectivity index (χ3v) is 5.78. The lowest BCUT2D eigenvalue weighted by Gasteiger charge is -2.31. The van der Waals surface area contributed by atoms with Gasteiger partial charge < -0.3 is 36.1 Å². The van der Waals surface area contributed by atoms with Crippen LogP contribution in [0.1, 0.15) is 31.0 Å². The summed E-state index contributed by atoms with van der Waals surface area (Å²) in [5.74, 6) is -2.90. The number of carboxylic acids is 1. The van der Waals surface area contributed by atoms with Gasteiger partial charge in [0, 0.05) is 0 Å². The van der Waals surface area contributed by atoms with Crippen molar-refractivity contribution in [2.45, 2.75) is 50.7 Å². The molecular formula is C26H32F3N3O7. The van der Waals surface area contributed by atoms with Crippen molar-refractivity contribution in [3.05, 3.63) is 59.7 Å². The quantitative estimate of drug-likeness (QED) is 0.251. The Morgan fingerprint density at radius 2 is 1.51 bits per heavy atom. The second-order valence-corrected chi connectivity index (χ2v) is 9.12. The molecule has 0 saturated heterocycles. The van der Waals surface area contributed by atoms with Crippen LogP contribution in [-0.4, -0.2) is 66.1 Å². The van der Waals surface area contributed by atoms with Crippen molar-refractivity contribution in [2.75, 3.05) is 13.7 Å². The molecule has 13 heteroatoms. The van der Waals surface area contributed by atoms with Gasteiger partial charge >= 0.3 is 12.1 Å². The molecular weight excluding hydrogens is 523 g/mol. The highest BCUT2D eigenvalue weighted by Crippen LogP contribution is 2.26. The van der Waals surface area contributed by atoms with E-state index in [1.54, 1.807) is 12.1 Å². The van der Waals surface area contributed by atoms with Crippen molar-refractivity contribution in [3.8, 4) is 11.5 Å². The number of nitrogens with two attached hydrogens (primary N) is 1. The minimum atomic E-state index is -4.97. The van der Waals surface area contributed by atoms with Crippen LogP contribution in [0.2, 0.25) is 0 Å². The average Bonchev–Trinajstić information content (AvgIpc) is 2.88. The molecule has 0 aliphatic rings. The average molecular weight is 556 g/mol. The number of amides is 2. The summed E-state index contributed by atoms with van der Waals surface area (Å²) in [6.45, 7) is 2.30. The highest BCUT2D eigenvalue weighted by atomic mass is 19.4. The van der Waals surface area contributed by atoms with E-state index >= 15 is 0 Å². The van der Waals surface area contributed by atoms with E-state index < -0.39 is 60.7 Å². The fourth-order valence-corrected chi connectivity index (χ4v) is 3.62. The lowest BCUT2D eigenvalue weighted by Crippen LogP contribution is -2.56. The van der Waals surface area contributed by atoms with Crippen LogP contribution in [0.4, 0.5) is 13.2 Å². The molecule has 2 aromatic rings. The highest BCUT2D eigenvalue weighted by molar-refractivity contribution is 5.90. The van der Waals surface area contributed by atoms with Gasteiger partial charge in [0.2, 0.25) is 11.8 Å². The number of halogens is 3. The van der Waals surface area contributed by atoms with Crippen LogP contribution in [0.3, 0.4) is 0 Å². The van der Waals surface area contributed by atoms with E-state index in [2.05, 4.69) is 10.6 Å². The van der Waals surface area contributed by atoms with Crippen LogP contribution < -0.4 is 25.8 Å². The maximum absolute atomic E-state index is 13.2. The summed E-state index contributed by atoms with van der Waals surface area (Å²) in [6.07, 6.45) is -7.76. The second kappa shape index (κ2) is 13.8. The van der Waals surface area contributed by atoms with Gasteiger partial charge in [0.25, 0.3) is 0 Å². The van der Waals surface area contributed by atoms with Gasteiger partial charge in [-0.1, -0.05) is 38.1 Å². The molecule has 0 aliphatic carbocycles. The van der Waals surface area contributed by atoms with Crippen LogP contribution in [0.5, 0.6) is 11.5 Å². The second-order valence-electron chi connectivity index (χ2n) is 9.12. The molecule has 0 radical (unpaired) electrons. The standard InChI is InChI=1S/C26H32F3N3O7/c1-14(2)21(23(35)26(27,28)29)31-25(37)22(16-6-10-17(38-3)11-7-16)32-24(36)19(30)12-15-4-8-18(9-5-15)39-13-20(33)34/h4-11,14,19,21-23,35H,12-13,30H2,1-3H3,(H,31,37)(H,32,36)(H,33,34)/t19-,21-,22-,23-/m0/s1. The van der Waals surface area contributed by atoms with Gasteiger partial charge in [0.15, 0.2) is 12.7 Å². The maximum atomic E-state index is 13.2. The van der Waals surface area contributed by atoms with E-state index in [-0.39, 0.29) is 12.0 Å². The largest absolute Gasteiger partial charge is 0.497 e. The Hall–Kier alpha value is -3.84. The molecule has 6 N–H and O–H groups in total. The molecule has 0 aliphatic heterocycles. The Bertz CT molecular complexity index is 1110. The van der Waals surface area contributed by atoms with E-state index in [1.165, 1.54) is 57.4 Å². The molecule has 0 unspecified atom stereocenters. The topological polar surface area (TPSA) is 160 Å². The molecule has 10 nitrogen and oxygen atoms in total. The number of carboxylic acid groups (broad SMARTS) is 1. The molecule has 0 fully saturated rings. The molecule has 2 aromatic carbocycles. The number of alkyl halides is 3. The van der Waals surface area contributed by atoms with Gasteiger partial charge in [-0.25, -0.2) is 4.79 Å². The van der Waals surface area contributed by atoms with Crippen LogP contribution in [0.15, 0.2) is 48.5 Å². The lowest BCUT2D eigenvalue weighted by atomic mass is 9.96. The number of aliphatic carboxylic acids is 1. The summed E-state index contributed by atoms with van der Waals surface area (Å²) in [6, 6.07) is 7.90. The zero-order valence-corrected chi connectivity index (χ0v) is 21.6. The smallest absolute Gasteiger partial charge is 0.416 e. The van der Waals surface area contributed by atoms with E-state index in [0.717, 1.165) is 0 Å². The fourth-order valence-electron chi connectivity index (χ4n) is 3.62. The first kappa shape index (κ1) is 31.4. The number of rotatable bonds is 13. The van der Waals surface area contributed by atoms with Crippen molar-refractivity contribution >= 4 is 17.8 Å². The van der Waals surface area contributed by atoms with Crippen LogP contribution in [0, 0.1) is 5.92 Å². The van der Waals surface area contributed by atoms with E-state index in [4.69, 9.17) is 20.3 Å². The zero-order chi connectivity index (χ0) is 29.3. The summed E-state index contributed by atoms with van der Waals surface area (Å²) < 4.78 is 49.8. The molecule has 2 amide bonds. The minimum Gasteiger partial charge on any atom is -0.497 e. The van der Waals surface area contributed by atoms with Gasteiger partial charge in [0.1, 0.15) is 17.5 Å². The molecule has 0 heterocycles. The monoisotopic (exact) mass is 555 g/mol. The number of carbonyl (C=O) groups excluding carboxylic acids is 2. The normalized spacial score (nSPS) is 14.6. The zero-order valence-electron chi connectivity index (χ0n) is 21.6. The summed E-state index contributed by atoms with van der Waals surface area (Å²) in [5.41, 5.74) is 6.91. The molecule has 39 heavy (non-hydrogen) atoms. The van der Waals surface area contributed by atoms with E-state index in [0.29, 0.717) is 17.1 Å². The van der Waals surface area contributed by atoms with Gasteiger partial charge in [-0.15, -0.1) is 0 Å². The number of methoxy groups -OCH3 is 1. The number of benzene rings is 2. The summed E-state index contributed by atoms with van der Waals surface area (Å²) >= 11 is 0. The van der Waals surface area contributed by atoms with Gasteiger partial charge in [-0.3, -0.25) is 9.59 Å². The van der Waals surface area contributed by atoms with Gasteiger partial charge in [-0.05, 0) is 47.7 Å². The van der Waals surface area contributed by atoms with Crippen LogP contribution in [0.25, 0.3) is 0 Å². The third kappa shape index (κ3) is 9.45. The number of hydrogen-bond donors (Lipinski definition) is 5. The third-order valence-electron chi connectivity index (χ3n) is 5.78. The van der Waals surface area contributed by atoms with Crippen molar-refractivity contribution in [2.24, 2.45) is 11.7 Å². The summed E-state index contributed by atoms with van der Waals surface area (Å²) in [5, 5.41) is 23.2. The first-order chi connectivity index (χ1) is 18.2. The van der Waals surface area contributed by atoms with Crippen molar-refractivity contribution in [1.29, 1.82) is 0 Å². The van der Waals surface area contributed by atoms with Gasteiger partial charge in [-0.2, -0.15) is 13.2 Å². The fraction of sp³-hybridized carbons (Fsp3) is 0.423. The molecule has 0 spiro atoms. The Morgan fingerprint density at radius 1 is 0.949 bits per heavy atom. The number of ether oxygens (including phenoxy) is 2. The number of aliphatic hydroxyl groups is 1. The molecule has 0 aromatic heterocycles. The molecule has 0 saturated carbocycles. The Balaban J connectivity index is 2.21. The Morgan fingerprint density at radius 3 is 2.00 bits per heavy atom. The lowest BCUT2D eigenvalue weighted by molar-refractivity contribution is -0.215. The molecule has 214 valence electrons. The summed E-state index contributed by atoms with van der Waals surface area (Å²) in [4.78, 5) is 36.7. The van der Waals surface area contributed by atoms with Gasteiger partial charge in [0.05, 0.1) is 19.2 Å². The first-order valence-corrected chi connectivity index (χ1v) is 11.9. The highest BCUT2D eigenvalue weighted by Gasteiger charge is 2.45. The minimum absolute atomic E-state index is 0.0312. The number of hydrogen-bond acceptors (Lipinski definition) is 7. The molecule has 4 atom stereocenters. The number of carbonyl (C=O) groups is 3. The van der Waals surface area contributed by atoms with Crippen molar-refractivity contribution in [3.63, 3.8) is 0 Å². The van der Waals surface area contributed by atoms with E-state index in [9.17, 15) is 32.7 Å². The summed E-state index contributed by atoms with van der Waals surface area (Å²) in [7, 11) is 1.43. The number of nitrogens with one attached hydrogen (secondary N) is 2. The Labute approximate surface area is 223 Å². The molecule has 2 rings (SSSR count). The number of aliphatic hydroxyl groups excluding tert-OH is 1. The Kier molecular flexibility index (Phi) is 11.1. The van der Waals surface area contributed by atoms with Crippen LogP contribution in [-0.2, 0) is 20.8 Å². The van der Waals surface area contributed by atoms with Crippen molar-refractivity contribution < 1.29 is 47.2 Å². The molecule has 0 bridgehead atoms. The van der Waals surface area contributed by atoms with Crippen molar-refractivity contribution in [1.82, 2.24) is 10.6 Å². The van der Waals surface area contributed by atoms with Crippen LogP contribution >= 0.6 is 0 Å².